The van der Waals surface area contributed by atoms with Crippen LogP contribution in [0.15, 0.2) is 122 Å². The Bertz CT molecular complexity index is 1860. The van der Waals surface area contributed by atoms with Crippen molar-refractivity contribution >= 4 is 5.91 Å². The maximum atomic E-state index is 13.2. The lowest BCUT2D eigenvalue weighted by atomic mass is 9.99. The Labute approximate surface area is 560 Å². The number of ether oxygens (including phenoxy) is 2. The number of carbonyl (C=O) groups excluding carboxylic acids is 1. The minimum absolute atomic E-state index is 0.191. The summed E-state index contributed by atoms with van der Waals surface area (Å²) in [4.78, 5) is 13.2. The van der Waals surface area contributed by atoms with E-state index in [1.54, 1.807) is 6.08 Å². The number of nitrogens with one attached hydrogen (secondary N) is 1. The van der Waals surface area contributed by atoms with Gasteiger partial charge in [-0.1, -0.05) is 347 Å². The lowest BCUT2D eigenvalue weighted by Crippen LogP contribution is -2.60. The van der Waals surface area contributed by atoms with Gasteiger partial charge in [-0.2, -0.15) is 0 Å². The molecule has 0 bridgehead atoms. The van der Waals surface area contributed by atoms with Gasteiger partial charge in [-0.3, -0.25) is 4.79 Å². The van der Waals surface area contributed by atoms with Gasteiger partial charge >= 0.3 is 0 Å². The number of hydrogen-bond donors (Lipinski definition) is 6. The highest BCUT2D eigenvalue weighted by molar-refractivity contribution is 5.76. The Hall–Kier alpha value is -3.41. The second-order valence-electron chi connectivity index (χ2n) is 26.0. The van der Waals surface area contributed by atoms with Crippen LogP contribution in [0, 0.1) is 0 Å². The van der Waals surface area contributed by atoms with E-state index in [1.807, 2.05) is 6.08 Å². The fourth-order valence-corrected chi connectivity index (χ4v) is 11.6. The smallest absolute Gasteiger partial charge is 0.220 e. The van der Waals surface area contributed by atoms with Gasteiger partial charge in [0, 0.05) is 6.42 Å². The van der Waals surface area contributed by atoms with Crippen LogP contribution < -0.4 is 5.32 Å². The summed E-state index contributed by atoms with van der Waals surface area (Å²) in [5, 5.41) is 54.8. The zero-order chi connectivity index (χ0) is 65.7. The monoisotopic (exact) mass is 1270 g/mol. The summed E-state index contributed by atoms with van der Waals surface area (Å²) in [6, 6.07) is -0.837. The highest BCUT2D eigenvalue weighted by atomic mass is 16.7. The fraction of sp³-hybridized carbons (Fsp3) is 0.744. The molecule has 0 spiro atoms. The summed E-state index contributed by atoms with van der Waals surface area (Å²) < 4.78 is 11.3. The number of carbonyl (C=O) groups is 1. The minimum Gasteiger partial charge on any atom is -0.394 e. The lowest BCUT2D eigenvalue weighted by molar-refractivity contribution is -0.302. The molecule has 1 amide bonds. The molecule has 91 heavy (non-hydrogen) atoms. The average molecular weight is 1270 g/mol. The summed E-state index contributed by atoms with van der Waals surface area (Å²) in [5.41, 5.74) is 0. The normalized spacial score (nSPS) is 18.4. The van der Waals surface area contributed by atoms with E-state index in [0.717, 1.165) is 89.9 Å². The Kier molecular flexibility index (Phi) is 65.3. The zero-order valence-corrected chi connectivity index (χ0v) is 58.8. The molecule has 524 valence electrons. The van der Waals surface area contributed by atoms with Crippen LogP contribution in [0.1, 0.15) is 335 Å². The third-order valence-electron chi connectivity index (χ3n) is 17.5. The van der Waals surface area contributed by atoms with Crippen molar-refractivity contribution in [1.29, 1.82) is 0 Å². The Morgan fingerprint density at radius 2 is 0.692 bits per heavy atom. The summed E-state index contributed by atoms with van der Waals surface area (Å²) in [7, 11) is 0. The lowest BCUT2D eigenvalue weighted by Gasteiger charge is -2.40. The molecule has 7 atom stereocenters. The van der Waals surface area contributed by atoms with Crippen LogP contribution in [0.5, 0.6) is 0 Å². The van der Waals surface area contributed by atoms with Crippen molar-refractivity contribution in [1.82, 2.24) is 5.32 Å². The molecule has 7 unspecified atom stereocenters. The van der Waals surface area contributed by atoms with E-state index in [1.165, 1.54) is 225 Å². The Balaban J connectivity index is 2.14. The van der Waals surface area contributed by atoms with E-state index in [-0.39, 0.29) is 12.5 Å². The first-order valence-corrected chi connectivity index (χ1v) is 38.3. The van der Waals surface area contributed by atoms with E-state index >= 15 is 0 Å². The molecular weight excluding hydrogens is 1130 g/mol. The molecule has 1 saturated heterocycles. The van der Waals surface area contributed by atoms with Crippen molar-refractivity contribution in [2.45, 2.75) is 378 Å². The van der Waals surface area contributed by atoms with Crippen molar-refractivity contribution in [3.63, 3.8) is 0 Å². The van der Waals surface area contributed by atoms with Crippen LogP contribution in [0.2, 0.25) is 0 Å². The maximum absolute atomic E-state index is 13.2. The van der Waals surface area contributed by atoms with Crippen molar-refractivity contribution in [3.8, 4) is 0 Å². The number of amides is 1. The van der Waals surface area contributed by atoms with Gasteiger partial charge in [0.2, 0.25) is 5.91 Å². The highest BCUT2D eigenvalue weighted by Gasteiger charge is 2.44. The first-order chi connectivity index (χ1) is 44.8. The Morgan fingerprint density at radius 3 is 1.05 bits per heavy atom. The standard InChI is InChI=1S/C82H143NO8/c1-3-5-7-9-11-13-15-17-19-21-23-25-27-29-31-33-35-36-37-38-39-40-42-44-46-48-50-52-54-56-58-60-62-64-66-68-70-72-78(86)83-75(74-90-82-81(89)80(88)79(87)77(73-84)91-82)76(85)71-69-67-65-63-61-59-57-55-53-51-49-47-45-43-41-34-32-30-28-26-24-22-20-18-16-14-12-10-8-6-4-2/h5,7,11,13,17,19,23,25,29,31,35-36,38-39,53,55,61,63,69,71,75-77,79-82,84-85,87-89H,3-4,6,8-10,12,14-16,18,20-22,24,26-28,30,32-34,37,40-52,54,56-60,62,64-68,70,72-74H2,1-2H3,(H,83,86)/b7-5-,13-11-,19-17-,25-23-,31-29-,36-35-,39-38-,55-53+,63-61+,71-69+. The molecule has 0 aromatic rings. The van der Waals surface area contributed by atoms with Gasteiger partial charge in [-0.05, 0) is 103 Å². The van der Waals surface area contributed by atoms with Crippen molar-refractivity contribution < 1.29 is 39.8 Å². The third kappa shape index (κ3) is 57.7. The molecule has 0 aliphatic carbocycles. The van der Waals surface area contributed by atoms with Gasteiger partial charge in [0.25, 0.3) is 0 Å². The predicted octanol–water partition coefficient (Wildman–Crippen LogP) is 21.8. The SMILES string of the molecule is CC/C=C\C/C=C\C/C=C\C/C=C\C/C=C\C/C=C\C/C=C\CCCCCCCCCCCCCCCCCC(=O)NC(COC1OC(CO)C(O)C(O)C1O)C(O)/C=C/CC/C=C/CC/C=C/CCCCCCCCCCCCCCCCCCCCCCC. The molecule has 1 aliphatic rings. The third-order valence-corrected chi connectivity index (χ3v) is 17.5. The van der Waals surface area contributed by atoms with E-state index in [2.05, 4.69) is 129 Å². The average Bonchev–Trinajstić information content (AvgIpc) is 1.70. The summed E-state index contributed by atoms with van der Waals surface area (Å²) in [5.74, 6) is -0.191. The van der Waals surface area contributed by atoms with Crippen molar-refractivity contribution in [2.24, 2.45) is 0 Å². The number of aliphatic hydroxyl groups excluding tert-OH is 5. The van der Waals surface area contributed by atoms with Crippen LogP contribution in [0.3, 0.4) is 0 Å². The molecule has 0 saturated carbocycles. The van der Waals surface area contributed by atoms with Crippen LogP contribution in [0.4, 0.5) is 0 Å². The molecule has 0 aromatic carbocycles. The van der Waals surface area contributed by atoms with Gasteiger partial charge in [0.1, 0.15) is 24.4 Å². The largest absolute Gasteiger partial charge is 0.394 e. The first kappa shape index (κ1) is 85.6. The van der Waals surface area contributed by atoms with E-state index in [9.17, 15) is 30.3 Å². The van der Waals surface area contributed by atoms with Crippen LogP contribution in [0.25, 0.3) is 0 Å². The second kappa shape index (κ2) is 69.4. The molecule has 1 aliphatic heterocycles. The number of unbranched alkanes of at least 4 members (excludes halogenated alkanes) is 38. The number of aliphatic hydroxyl groups is 5. The number of rotatable bonds is 66. The quantitative estimate of drug-likeness (QED) is 0.0261. The topological polar surface area (TPSA) is 149 Å². The van der Waals surface area contributed by atoms with E-state index in [4.69, 9.17) is 9.47 Å². The molecule has 9 heteroatoms. The van der Waals surface area contributed by atoms with E-state index in [0.29, 0.717) is 6.42 Å². The molecule has 1 heterocycles. The molecule has 1 fully saturated rings. The first-order valence-electron chi connectivity index (χ1n) is 38.3. The van der Waals surface area contributed by atoms with Gasteiger partial charge in [0.15, 0.2) is 6.29 Å². The number of allylic oxidation sites excluding steroid dienone is 19. The minimum atomic E-state index is -1.58. The fourth-order valence-electron chi connectivity index (χ4n) is 11.6. The molecule has 0 aromatic heterocycles. The van der Waals surface area contributed by atoms with Crippen LogP contribution >= 0.6 is 0 Å². The highest BCUT2D eigenvalue weighted by Crippen LogP contribution is 2.23. The van der Waals surface area contributed by atoms with Crippen LogP contribution in [-0.2, 0) is 14.3 Å². The summed E-state index contributed by atoms with van der Waals surface area (Å²) >= 11 is 0. The summed E-state index contributed by atoms with van der Waals surface area (Å²) in [6.07, 6.45) is 97.6. The van der Waals surface area contributed by atoms with Gasteiger partial charge in [0.05, 0.1) is 25.4 Å². The van der Waals surface area contributed by atoms with Gasteiger partial charge < -0.3 is 40.3 Å². The van der Waals surface area contributed by atoms with Gasteiger partial charge in [-0.25, -0.2) is 0 Å². The molecule has 6 N–H and O–H groups in total. The zero-order valence-electron chi connectivity index (χ0n) is 58.8. The molecular formula is C82H143NO8. The van der Waals surface area contributed by atoms with Crippen molar-refractivity contribution in [2.75, 3.05) is 13.2 Å². The van der Waals surface area contributed by atoms with Crippen LogP contribution in [-0.4, -0.2) is 87.5 Å². The van der Waals surface area contributed by atoms with Gasteiger partial charge in [-0.15, -0.1) is 0 Å². The summed E-state index contributed by atoms with van der Waals surface area (Å²) in [6.45, 7) is 3.68. The Morgan fingerprint density at radius 1 is 0.385 bits per heavy atom. The maximum Gasteiger partial charge on any atom is 0.220 e. The number of hydrogen-bond acceptors (Lipinski definition) is 8. The molecule has 9 nitrogen and oxygen atoms in total. The second-order valence-corrected chi connectivity index (χ2v) is 26.0. The molecule has 0 radical (unpaired) electrons. The van der Waals surface area contributed by atoms with Crippen molar-refractivity contribution in [3.05, 3.63) is 122 Å². The predicted molar refractivity (Wildman–Crippen MR) is 391 cm³/mol. The van der Waals surface area contributed by atoms with E-state index < -0.39 is 49.5 Å². The molecule has 1 rings (SSSR count).